The molecule has 2 N–H and O–H groups in total. The summed E-state index contributed by atoms with van der Waals surface area (Å²) in [6.45, 7) is 6.07. The Morgan fingerprint density at radius 3 is 2.59 bits per heavy atom. The maximum atomic E-state index is 12.2. The molecule has 1 aliphatic rings. The van der Waals surface area contributed by atoms with Gasteiger partial charge in [-0.25, -0.2) is 19.6 Å². The molecular formula is C29H29N5O5. The van der Waals surface area contributed by atoms with Crippen LogP contribution in [0.25, 0.3) is 11.3 Å². The van der Waals surface area contributed by atoms with Gasteiger partial charge in [-0.15, -0.1) is 0 Å². The van der Waals surface area contributed by atoms with Crippen molar-refractivity contribution in [3.05, 3.63) is 89.1 Å². The third kappa shape index (κ3) is 6.06. The van der Waals surface area contributed by atoms with Crippen molar-refractivity contribution in [1.82, 2.24) is 19.7 Å². The number of fused-ring (bicyclic) bond motifs is 3. The Hall–Kier alpha value is -4.73. The molecule has 2 aromatic carbocycles. The molecule has 200 valence electrons. The number of benzene rings is 2. The number of aromatic nitrogens is 4. The van der Waals surface area contributed by atoms with Crippen molar-refractivity contribution in [3.63, 3.8) is 0 Å². The highest BCUT2D eigenvalue weighted by molar-refractivity contribution is 5.91. The van der Waals surface area contributed by atoms with Crippen LogP contribution in [0.15, 0.2) is 61.2 Å². The van der Waals surface area contributed by atoms with Gasteiger partial charge in [-0.05, 0) is 75.1 Å². The minimum atomic E-state index is -1.06. The van der Waals surface area contributed by atoms with Crippen molar-refractivity contribution in [2.45, 2.75) is 52.4 Å². The first-order chi connectivity index (χ1) is 18.7. The van der Waals surface area contributed by atoms with E-state index in [1.807, 2.05) is 36.4 Å². The predicted octanol–water partition coefficient (Wildman–Crippen LogP) is 5.11. The lowest BCUT2D eigenvalue weighted by Crippen LogP contribution is -2.27. The second-order valence-corrected chi connectivity index (χ2v) is 10.3. The van der Waals surface area contributed by atoms with Gasteiger partial charge in [-0.2, -0.15) is 5.10 Å². The Labute approximate surface area is 225 Å². The molecule has 0 saturated carbocycles. The molecule has 5 rings (SSSR count). The quantitative estimate of drug-likeness (QED) is 0.339. The van der Waals surface area contributed by atoms with E-state index in [-0.39, 0.29) is 5.69 Å². The lowest BCUT2D eigenvalue weighted by atomic mass is 9.88. The molecule has 0 radical (unpaired) electrons. The number of carboxylic acid groups (broad SMARTS) is 1. The van der Waals surface area contributed by atoms with Crippen molar-refractivity contribution in [3.8, 4) is 17.0 Å². The van der Waals surface area contributed by atoms with Gasteiger partial charge in [0.25, 0.3) is 0 Å². The Balaban J connectivity index is 1.41. The summed E-state index contributed by atoms with van der Waals surface area (Å²) in [5, 5.41) is 17.1. The Kier molecular flexibility index (Phi) is 7.02. The number of hydrogen-bond acceptors (Lipinski definition) is 7. The van der Waals surface area contributed by atoms with Gasteiger partial charge < -0.3 is 14.6 Å². The van der Waals surface area contributed by atoms with Gasteiger partial charge in [0.2, 0.25) is 0 Å². The molecule has 0 spiro atoms. The van der Waals surface area contributed by atoms with Crippen LogP contribution in [0.3, 0.4) is 0 Å². The van der Waals surface area contributed by atoms with E-state index >= 15 is 0 Å². The summed E-state index contributed by atoms with van der Waals surface area (Å²) in [6, 6.07) is 13.1. The molecule has 2 aromatic heterocycles. The van der Waals surface area contributed by atoms with Gasteiger partial charge in [0.15, 0.2) is 5.69 Å². The summed E-state index contributed by atoms with van der Waals surface area (Å²) in [6.07, 6.45) is 5.58. The fraction of sp³-hybridized carbons (Fsp3) is 0.276. The predicted molar refractivity (Wildman–Crippen MR) is 144 cm³/mol. The van der Waals surface area contributed by atoms with Crippen LogP contribution in [0.4, 0.5) is 10.5 Å². The average Bonchev–Trinajstić information content (AvgIpc) is 3.26. The van der Waals surface area contributed by atoms with E-state index in [0.29, 0.717) is 43.0 Å². The fourth-order valence-corrected chi connectivity index (χ4v) is 4.59. The highest BCUT2D eigenvalue weighted by Gasteiger charge is 2.28. The molecule has 0 fully saturated rings. The third-order valence-electron chi connectivity index (χ3n) is 6.15. The van der Waals surface area contributed by atoms with E-state index < -0.39 is 17.7 Å². The molecule has 39 heavy (non-hydrogen) atoms. The number of aromatic carboxylic acids is 1. The van der Waals surface area contributed by atoms with Gasteiger partial charge in [-0.1, -0.05) is 12.1 Å². The number of anilines is 1. The van der Waals surface area contributed by atoms with Crippen LogP contribution in [-0.2, 0) is 30.7 Å². The number of carbonyl (C=O) groups excluding carboxylic acids is 1. The highest BCUT2D eigenvalue weighted by atomic mass is 16.6. The van der Waals surface area contributed by atoms with Gasteiger partial charge in [0, 0.05) is 34.8 Å². The molecule has 10 heteroatoms. The maximum Gasteiger partial charge on any atom is 0.412 e. The van der Waals surface area contributed by atoms with Crippen LogP contribution in [-0.4, -0.2) is 42.5 Å². The second-order valence-electron chi connectivity index (χ2n) is 10.3. The average molecular weight is 528 g/mol. The van der Waals surface area contributed by atoms with Crippen LogP contribution >= 0.6 is 0 Å². The zero-order valence-electron chi connectivity index (χ0n) is 22.0. The van der Waals surface area contributed by atoms with Crippen molar-refractivity contribution < 1.29 is 24.2 Å². The number of hydrogen-bond donors (Lipinski definition) is 2. The van der Waals surface area contributed by atoms with Crippen molar-refractivity contribution in [2.24, 2.45) is 0 Å². The van der Waals surface area contributed by atoms with Crippen molar-refractivity contribution >= 4 is 17.7 Å². The standard InChI is InChI=1S/C29H29N5O5/c1-29(2,3)39-28(37)32-21-6-4-5-18(11-21)15-34-26-23-10-8-22(38-16-19-13-30-17-31-14-19)12-20(23)7-9-24(26)25(33-34)27(35)36/h4-6,8,10-14,17H,7,9,15-16H2,1-3H3,(H,32,37)(H,35,36). The minimum absolute atomic E-state index is 0.0584. The number of ether oxygens (including phenoxy) is 2. The summed E-state index contributed by atoms with van der Waals surface area (Å²) in [7, 11) is 0. The molecule has 1 aliphatic carbocycles. The van der Waals surface area contributed by atoms with Gasteiger partial charge in [0.05, 0.1) is 12.2 Å². The fourth-order valence-electron chi connectivity index (χ4n) is 4.59. The number of aryl methyl sites for hydroxylation is 1. The lowest BCUT2D eigenvalue weighted by Gasteiger charge is -2.20. The normalized spacial score (nSPS) is 12.3. The summed E-state index contributed by atoms with van der Waals surface area (Å²) < 4.78 is 13.0. The summed E-state index contributed by atoms with van der Waals surface area (Å²) >= 11 is 0. The van der Waals surface area contributed by atoms with Gasteiger partial charge in [0.1, 0.15) is 24.3 Å². The van der Waals surface area contributed by atoms with E-state index in [2.05, 4.69) is 20.4 Å². The zero-order chi connectivity index (χ0) is 27.6. The molecule has 0 unspecified atom stereocenters. The first kappa shape index (κ1) is 25.9. The van der Waals surface area contributed by atoms with Crippen LogP contribution < -0.4 is 10.1 Å². The van der Waals surface area contributed by atoms with Crippen LogP contribution in [0.5, 0.6) is 5.75 Å². The van der Waals surface area contributed by atoms with Gasteiger partial charge >= 0.3 is 12.1 Å². The Morgan fingerprint density at radius 2 is 1.85 bits per heavy atom. The molecule has 2 heterocycles. The SMILES string of the molecule is CC(C)(C)OC(=O)Nc1cccc(Cn2nc(C(=O)O)c3c2-c2ccc(OCc4cncnc4)cc2CC3)c1. The van der Waals surface area contributed by atoms with E-state index in [1.54, 1.807) is 43.9 Å². The molecular weight excluding hydrogens is 498 g/mol. The lowest BCUT2D eigenvalue weighted by molar-refractivity contribution is 0.0633. The number of carbonyl (C=O) groups is 2. The third-order valence-corrected chi connectivity index (χ3v) is 6.15. The highest BCUT2D eigenvalue weighted by Crippen LogP contribution is 2.37. The van der Waals surface area contributed by atoms with E-state index in [9.17, 15) is 14.7 Å². The summed E-state index contributed by atoms with van der Waals surface area (Å²) in [5.74, 6) is -0.342. The Bertz CT molecular complexity index is 1530. The molecule has 0 aliphatic heterocycles. The Morgan fingerprint density at radius 1 is 1.05 bits per heavy atom. The molecule has 0 saturated heterocycles. The van der Waals surface area contributed by atoms with Crippen LogP contribution in [0.2, 0.25) is 0 Å². The smallest absolute Gasteiger partial charge is 0.412 e. The second kappa shape index (κ2) is 10.6. The van der Waals surface area contributed by atoms with Crippen LogP contribution in [0, 0.1) is 0 Å². The van der Waals surface area contributed by atoms with E-state index in [1.165, 1.54) is 6.33 Å². The van der Waals surface area contributed by atoms with Crippen molar-refractivity contribution in [1.29, 1.82) is 0 Å². The molecule has 0 bridgehead atoms. The molecule has 0 atom stereocenters. The largest absolute Gasteiger partial charge is 0.489 e. The van der Waals surface area contributed by atoms with E-state index in [4.69, 9.17) is 9.47 Å². The molecule has 10 nitrogen and oxygen atoms in total. The maximum absolute atomic E-state index is 12.2. The van der Waals surface area contributed by atoms with E-state index in [0.717, 1.165) is 27.9 Å². The number of rotatable bonds is 7. The summed E-state index contributed by atoms with van der Waals surface area (Å²) in [4.78, 5) is 32.3. The first-order valence-electron chi connectivity index (χ1n) is 12.6. The number of carboxylic acids is 1. The van der Waals surface area contributed by atoms with Crippen LogP contribution in [0.1, 0.15) is 53.5 Å². The first-order valence-corrected chi connectivity index (χ1v) is 12.6. The minimum Gasteiger partial charge on any atom is -0.489 e. The number of nitrogens with one attached hydrogen (secondary N) is 1. The monoisotopic (exact) mass is 527 g/mol. The number of nitrogens with zero attached hydrogens (tertiary/aromatic N) is 4. The molecule has 4 aromatic rings. The summed E-state index contributed by atoms with van der Waals surface area (Å²) in [5.41, 5.74) is 5.22. The van der Waals surface area contributed by atoms with Gasteiger partial charge in [-0.3, -0.25) is 10.00 Å². The van der Waals surface area contributed by atoms with Crippen molar-refractivity contribution in [2.75, 3.05) is 5.32 Å². The zero-order valence-corrected chi connectivity index (χ0v) is 22.0. The number of amides is 1. The molecule has 1 amide bonds. The topological polar surface area (TPSA) is 128 Å².